The minimum Gasteiger partial charge on any atom is -0.370 e. The van der Waals surface area contributed by atoms with Crippen LogP contribution in [0, 0.1) is 20.8 Å². The molecular weight excluding hydrogens is 304 g/mol. The van der Waals surface area contributed by atoms with E-state index in [0.717, 1.165) is 68.2 Å². The van der Waals surface area contributed by atoms with Crippen molar-refractivity contribution in [2.75, 3.05) is 42.9 Å². The highest BCUT2D eigenvalue weighted by Gasteiger charge is 2.21. The second-order valence-electron chi connectivity index (χ2n) is 6.29. The standard InChI is InChI=1S/C17H26N6O/c1-5-18-16-10-12(2)19-17(20-16)23-8-6-22(7-9-23)11-15-13(3)21-24-14(15)4/h10H,5-9,11H2,1-4H3,(H,18,19,20). The Labute approximate surface area is 143 Å². The normalized spacial score (nSPS) is 15.8. The van der Waals surface area contributed by atoms with E-state index >= 15 is 0 Å². The van der Waals surface area contributed by atoms with E-state index in [4.69, 9.17) is 4.52 Å². The van der Waals surface area contributed by atoms with Crippen molar-refractivity contribution in [2.45, 2.75) is 34.2 Å². The molecule has 1 aliphatic heterocycles. The first-order chi connectivity index (χ1) is 11.6. The van der Waals surface area contributed by atoms with E-state index in [0.29, 0.717) is 0 Å². The number of aromatic nitrogens is 3. The lowest BCUT2D eigenvalue weighted by molar-refractivity contribution is 0.247. The average Bonchev–Trinajstić information content (AvgIpc) is 2.87. The predicted molar refractivity (Wildman–Crippen MR) is 94.4 cm³/mol. The average molecular weight is 330 g/mol. The first-order valence-corrected chi connectivity index (χ1v) is 8.55. The van der Waals surface area contributed by atoms with E-state index in [-0.39, 0.29) is 0 Å². The minimum atomic E-state index is 0.822. The van der Waals surface area contributed by atoms with Gasteiger partial charge in [0.1, 0.15) is 11.6 Å². The van der Waals surface area contributed by atoms with Crippen LogP contribution in [0.3, 0.4) is 0 Å². The van der Waals surface area contributed by atoms with Crippen molar-refractivity contribution in [2.24, 2.45) is 0 Å². The number of aryl methyl sites for hydroxylation is 3. The Morgan fingerprint density at radius 2 is 1.88 bits per heavy atom. The Morgan fingerprint density at radius 3 is 2.50 bits per heavy atom. The number of piperazine rings is 1. The van der Waals surface area contributed by atoms with E-state index in [1.807, 2.05) is 26.8 Å². The van der Waals surface area contributed by atoms with Crippen LogP contribution in [0.2, 0.25) is 0 Å². The molecule has 0 aliphatic carbocycles. The van der Waals surface area contributed by atoms with E-state index in [1.54, 1.807) is 0 Å². The molecule has 0 radical (unpaired) electrons. The van der Waals surface area contributed by atoms with Gasteiger partial charge in [0.05, 0.1) is 5.69 Å². The molecule has 130 valence electrons. The van der Waals surface area contributed by atoms with E-state index in [9.17, 15) is 0 Å². The highest BCUT2D eigenvalue weighted by molar-refractivity contribution is 5.43. The lowest BCUT2D eigenvalue weighted by Crippen LogP contribution is -2.46. The van der Waals surface area contributed by atoms with Gasteiger partial charge >= 0.3 is 0 Å². The van der Waals surface area contributed by atoms with Gasteiger partial charge in [-0.2, -0.15) is 4.98 Å². The molecule has 3 heterocycles. The van der Waals surface area contributed by atoms with Crippen molar-refractivity contribution >= 4 is 11.8 Å². The molecule has 0 amide bonds. The maximum absolute atomic E-state index is 5.26. The molecule has 0 aromatic carbocycles. The maximum atomic E-state index is 5.26. The van der Waals surface area contributed by atoms with Crippen LogP contribution in [-0.2, 0) is 6.54 Å². The Morgan fingerprint density at radius 1 is 1.12 bits per heavy atom. The SMILES string of the molecule is CCNc1cc(C)nc(N2CCN(Cc3c(C)noc3C)CC2)n1. The summed E-state index contributed by atoms with van der Waals surface area (Å²) >= 11 is 0. The molecule has 0 atom stereocenters. The number of rotatable bonds is 5. The van der Waals surface area contributed by atoms with Gasteiger partial charge in [-0.25, -0.2) is 4.98 Å². The summed E-state index contributed by atoms with van der Waals surface area (Å²) in [5.74, 6) is 2.65. The van der Waals surface area contributed by atoms with Crippen molar-refractivity contribution < 1.29 is 4.52 Å². The summed E-state index contributed by atoms with van der Waals surface area (Å²) in [6.45, 7) is 13.7. The Bertz CT molecular complexity index is 671. The van der Waals surface area contributed by atoms with Gasteiger partial charge < -0.3 is 14.7 Å². The van der Waals surface area contributed by atoms with Crippen molar-refractivity contribution in [3.05, 3.63) is 28.8 Å². The number of anilines is 2. The summed E-state index contributed by atoms with van der Waals surface area (Å²) in [6.07, 6.45) is 0. The zero-order valence-corrected chi connectivity index (χ0v) is 15.0. The van der Waals surface area contributed by atoms with E-state index < -0.39 is 0 Å². The second-order valence-corrected chi connectivity index (χ2v) is 6.29. The van der Waals surface area contributed by atoms with Gasteiger partial charge in [-0.15, -0.1) is 0 Å². The molecule has 0 spiro atoms. The molecule has 24 heavy (non-hydrogen) atoms. The van der Waals surface area contributed by atoms with Crippen LogP contribution in [0.5, 0.6) is 0 Å². The van der Waals surface area contributed by atoms with Crippen LogP contribution < -0.4 is 10.2 Å². The lowest BCUT2D eigenvalue weighted by atomic mass is 10.2. The highest BCUT2D eigenvalue weighted by atomic mass is 16.5. The largest absolute Gasteiger partial charge is 0.370 e. The van der Waals surface area contributed by atoms with Crippen LogP contribution in [0.1, 0.15) is 29.6 Å². The fourth-order valence-electron chi connectivity index (χ4n) is 3.02. The summed E-state index contributed by atoms with van der Waals surface area (Å²) < 4.78 is 5.26. The summed E-state index contributed by atoms with van der Waals surface area (Å²) in [4.78, 5) is 13.9. The molecule has 0 bridgehead atoms. The molecule has 1 saturated heterocycles. The summed E-state index contributed by atoms with van der Waals surface area (Å²) in [6, 6.07) is 1.99. The molecule has 2 aromatic heterocycles. The van der Waals surface area contributed by atoms with Crippen molar-refractivity contribution in [1.29, 1.82) is 0 Å². The molecule has 0 saturated carbocycles. The fraction of sp³-hybridized carbons (Fsp3) is 0.588. The molecule has 1 fully saturated rings. The number of hydrogen-bond acceptors (Lipinski definition) is 7. The van der Waals surface area contributed by atoms with Gasteiger partial charge in [0.15, 0.2) is 0 Å². The third-order valence-electron chi connectivity index (χ3n) is 4.42. The van der Waals surface area contributed by atoms with Gasteiger partial charge in [-0.3, -0.25) is 4.90 Å². The molecule has 2 aromatic rings. The molecule has 7 nitrogen and oxygen atoms in total. The molecular formula is C17H26N6O. The van der Waals surface area contributed by atoms with Crippen LogP contribution >= 0.6 is 0 Å². The number of nitrogens with one attached hydrogen (secondary N) is 1. The number of hydrogen-bond donors (Lipinski definition) is 1. The smallest absolute Gasteiger partial charge is 0.227 e. The summed E-state index contributed by atoms with van der Waals surface area (Å²) in [5, 5.41) is 7.32. The second kappa shape index (κ2) is 7.17. The zero-order chi connectivity index (χ0) is 17.1. The Hall–Kier alpha value is -2.15. The third kappa shape index (κ3) is 3.67. The fourth-order valence-corrected chi connectivity index (χ4v) is 3.02. The van der Waals surface area contributed by atoms with E-state index in [1.165, 1.54) is 5.56 Å². The molecule has 7 heteroatoms. The molecule has 3 rings (SSSR count). The van der Waals surface area contributed by atoms with Gasteiger partial charge in [0.2, 0.25) is 5.95 Å². The van der Waals surface area contributed by atoms with Crippen molar-refractivity contribution in [3.8, 4) is 0 Å². The van der Waals surface area contributed by atoms with Gasteiger partial charge in [-0.05, 0) is 27.7 Å². The lowest BCUT2D eigenvalue weighted by Gasteiger charge is -2.34. The highest BCUT2D eigenvalue weighted by Crippen LogP contribution is 2.19. The number of nitrogens with zero attached hydrogens (tertiary/aromatic N) is 5. The predicted octanol–water partition coefficient (Wildman–Crippen LogP) is 2.14. The van der Waals surface area contributed by atoms with Crippen molar-refractivity contribution in [3.63, 3.8) is 0 Å². The summed E-state index contributed by atoms with van der Waals surface area (Å²) in [7, 11) is 0. The van der Waals surface area contributed by atoms with Crippen LogP contribution in [0.4, 0.5) is 11.8 Å². The molecule has 0 unspecified atom stereocenters. The first kappa shape index (κ1) is 16.7. The van der Waals surface area contributed by atoms with Gasteiger partial charge in [0.25, 0.3) is 0 Å². The minimum absolute atomic E-state index is 0.822. The van der Waals surface area contributed by atoms with Crippen LogP contribution in [-0.4, -0.2) is 52.7 Å². The molecule has 1 N–H and O–H groups in total. The van der Waals surface area contributed by atoms with Crippen LogP contribution in [0.15, 0.2) is 10.6 Å². The topological polar surface area (TPSA) is 70.3 Å². The third-order valence-corrected chi connectivity index (χ3v) is 4.42. The Kier molecular flexibility index (Phi) is 4.99. The quantitative estimate of drug-likeness (QED) is 0.900. The Balaban J connectivity index is 1.63. The molecule has 1 aliphatic rings. The van der Waals surface area contributed by atoms with E-state index in [2.05, 4.69) is 37.2 Å². The van der Waals surface area contributed by atoms with Crippen LogP contribution in [0.25, 0.3) is 0 Å². The summed E-state index contributed by atoms with van der Waals surface area (Å²) in [5.41, 5.74) is 3.20. The first-order valence-electron chi connectivity index (χ1n) is 8.55. The zero-order valence-electron chi connectivity index (χ0n) is 15.0. The monoisotopic (exact) mass is 330 g/mol. The van der Waals surface area contributed by atoms with Gasteiger partial charge in [-0.1, -0.05) is 5.16 Å². The van der Waals surface area contributed by atoms with Gasteiger partial charge in [0, 0.05) is 56.6 Å². The van der Waals surface area contributed by atoms with Crippen molar-refractivity contribution in [1.82, 2.24) is 20.0 Å². The maximum Gasteiger partial charge on any atom is 0.227 e.